The van der Waals surface area contributed by atoms with Gasteiger partial charge in [0.15, 0.2) is 0 Å². The molecule has 12 heavy (non-hydrogen) atoms. The van der Waals surface area contributed by atoms with Crippen LogP contribution < -0.4 is 0 Å². The molecule has 0 unspecified atom stereocenters. The van der Waals surface area contributed by atoms with Crippen molar-refractivity contribution < 1.29 is 21.7 Å². The maximum Gasteiger partial charge on any atom is 0.0135 e. The molecule has 1 aromatic rings. The zero-order valence-corrected chi connectivity index (χ0v) is 12.0. The molecule has 0 N–H and O–H groups in total. The normalized spacial score (nSPS) is 5.50. The molecule has 0 nitrogen and oxygen atoms in total. The fourth-order valence-electron chi connectivity index (χ4n) is 0.342. The summed E-state index contributed by atoms with van der Waals surface area (Å²) in [5.74, 6) is 0. The van der Waals surface area contributed by atoms with Crippen LogP contribution in [0.25, 0.3) is 0 Å². The van der Waals surface area contributed by atoms with Crippen LogP contribution in [0.2, 0.25) is 13.1 Å². The van der Waals surface area contributed by atoms with E-state index in [2.05, 4.69) is 19.2 Å². The van der Waals surface area contributed by atoms with Crippen LogP contribution in [0.5, 0.6) is 0 Å². The van der Waals surface area contributed by atoms with Crippen molar-refractivity contribution in [3.05, 3.63) is 36.4 Å². The largest absolute Gasteiger partial charge is 0.184 e. The first-order chi connectivity index (χ1) is 4.41. The summed E-state index contributed by atoms with van der Waals surface area (Å²) in [6.07, 6.45) is 0. The molecule has 0 amide bonds. The van der Waals surface area contributed by atoms with Gasteiger partial charge < -0.3 is 0 Å². The quantitative estimate of drug-likeness (QED) is 0.495. The van der Waals surface area contributed by atoms with E-state index < -0.39 is 0 Å². The maximum atomic E-state index is 2.89. The summed E-state index contributed by atoms with van der Waals surface area (Å²) in [5.41, 5.74) is 0. The average molecular weight is 258 g/mol. The van der Waals surface area contributed by atoms with Gasteiger partial charge in [-0.05, 0) is 0 Å². The molecule has 0 radical (unpaired) electrons. The van der Waals surface area contributed by atoms with Crippen molar-refractivity contribution in [1.29, 1.82) is 0 Å². The van der Waals surface area contributed by atoms with Gasteiger partial charge in [-0.15, -0.1) is 24.8 Å². The fourth-order valence-corrected chi connectivity index (χ4v) is 0.342. The van der Waals surface area contributed by atoms with Gasteiger partial charge in [-0.2, -0.15) is 36.4 Å². The van der Waals surface area contributed by atoms with E-state index >= 15 is 0 Å². The van der Waals surface area contributed by atoms with E-state index in [0.717, 1.165) is 0 Å². The zero-order valence-electron chi connectivity index (χ0n) is 7.41. The van der Waals surface area contributed by atoms with Crippen LogP contribution in [0, 0.1) is 6.07 Å². The fraction of sp³-hybridized carbons (Fsp3) is 0.250. The summed E-state index contributed by atoms with van der Waals surface area (Å²) in [4.78, 5) is 0. The van der Waals surface area contributed by atoms with Gasteiger partial charge in [0.05, 0.1) is 0 Å². The molecular formula is C8H15Cl2SiTi-. The van der Waals surface area contributed by atoms with E-state index in [1.165, 1.54) is 0 Å². The van der Waals surface area contributed by atoms with Crippen molar-refractivity contribution in [2.24, 2.45) is 0 Å². The van der Waals surface area contributed by atoms with E-state index in [9.17, 15) is 0 Å². The monoisotopic (exact) mass is 257 g/mol. The van der Waals surface area contributed by atoms with E-state index in [1.807, 2.05) is 30.3 Å². The minimum absolute atomic E-state index is 0. The molecule has 0 aliphatic heterocycles. The molecule has 0 atom stereocenters. The Bertz CT molecular complexity index is 99.9. The van der Waals surface area contributed by atoms with Crippen molar-refractivity contribution in [1.82, 2.24) is 0 Å². The third-order valence-corrected chi connectivity index (χ3v) is 0.607. The Kier molecular flexibility index (Phi) is 43.3. The van der Waals surface area contributed by atoms with Gasteiger partial charge in [0.1, 0.15) is 0 Å². The Morgan fingerprint density at radius 2 is 1.25 bits per heavy atom. The second-order valence-electron chi connectivity index (χ2n) is 1.78. The first-order valence-corrected chi connectivity index (χ1v) is 6.15. The third kappa shape index (κ3) is 22.4. The minimum Gasteiger partial charge on any atom is -0.184 e. The Morgan fingerprint density at radius 1 is 0.917 bits per heavy atom. The van der Waals surface area contributed by atoms with Crippen molar-refractivity contribution in [2.75, 3.05) is 0 Å². The third-order valence-electron chi connectivity index (χ3n) is 0.607. The van der Waals surface area contributed by atoms with E-state index in [0.29, 0.717) is 9.52 Å². The first kappa shape index (κ1) is 23.0. The minimum atomic E-state index is 0. The van der Waals surface area contributed by atoms with Gasteiger partial charge in [0, 0.05) is 31.2 Å². The standard InChI is InChI=1S/C6H5.C2H8Si.2ClH.Ti/c1-2-4-6-5-3-1;1-3-2;;;/h1-5H;3H2,1-2H3;2*1H;/q-1;;;;. The van der Waals surface area contributed by atoms with Crippen LogP contribution in [-0.4, -0.2) is 9.52 Å². The molecule has 0 aliphatic carbocycles. The molecule has 0 spiro atoms. The van der Waals surface area contributed by atoms with E-state index in [-0.39, 0.29) is 46.5 Å². The summed E-state index contributed by atoms with van der Waals surface area (Å²) < 4.78 is 0. The summed E-state index contributed by atoms with van der Waals surface area (Å²) in [5, 5.41) is 0. The van der Waals surface area contributed by atoms with E-state index in [1.54, 1.807) is 0 Å². The molecule has 0 aliphatic rings. The molecule has 0 bridgehead atoms. The van der Waals surface area contributed by atoms with Gasteiger partial charge in [0.2, 0.25) is 0 Å². The summed E-state index contributed by atoms with van der Waals surface area (Å²) in [6.45, 7) is 4.53. The molecule has 1 rings (SSSR count). The Hall–Kier alpha value is 0.731. The van der Waals surface area contributed by atoms with Crippen molar-refractivity contribution in [2.45, 2.75) is 13.1 Å². The van der Waals surface area contributed by atoms with E-state index in [4.69, 9.17) is 0 Å². The topological polar surface area (TPSA) is 0 Å². The van der Waals surface area contributed by atoms with Gasteiger partial charge in [-0.1, -0.05) is 13.1 Å². The molecule has 1 aromatic carbocycles. The Morgan fingerprint density at radius 3 is 1.33 bits per heavy atom. The smallest absolute Gasteiger partial charge is 0.0135 e. The number of halogens is 2. The molecular weight excluding hydrogens is 243 g/mol. The van der Waals surface area contributed by atoms with Crippen LogP contribution in [0.3, 0.4) is 0 Å². The molecule has 0 heterocycles. The SMILES string of the molecule is C[SiH2]C.Cl.Cl.[Ti].[c-]1ccccc1. The molecule has 4 heteroatoms. The summed E-state index contributed by atoms with van der Waals surface area (Å²) >= 11 is 0. The number of hydrogen-bond acceptors (Lipinski definition) is 0. The van der Waals surface area contributed by atoms with Crippen molar-refractivity contribution >= 4 is 34.3 Å². The number of benzene rings is 1. The van der Waals surface area contributed by atoms with Crippen LogP contribution in [0.1, 0.15) is 0 Å². The van der Waals surface area contributed by atoms with Gasteiger partial charge in [-0.25, -0.2) is 0 Å². The predicted octanol–water partition coefficient (Wildman–Crippen LogP) is 2.58. The zero-order chi connectivity index (χ0) is 6.95. The van der Waals surface area contributed by atoms with Crippen molar-refractivity contribution in [3.8, 4) is 0 Å². The van der Waals surface area contributed by atoms with Crippen LogP contribution >= 0.6 is 24.8 Å². The second kappa shape index (κ2) is 22.6. The Labute approximate surface area is 105 Å². The summed E-state index contributed by atoms with van der Waals surface area (Å²) in [7, 11) is 0.417. The van der Waals surface area contributed by atoms with Gasteiger partial charge in [-0.3, -0.25) is 0 Å². The van der Waals surface area contributed by atoms with Gasteiger partial charge in [0.25, 0.3) is 0 Å². The average Bonchev–Trinajstić information content (AvgIpc) is 1.93. The number of rotatable bonds is 0. The first-order valence-electron chi connectivity index (χ1n) is 3.32. The van der Waals surface area contributed by atoms with Crippen molar-refractivity contribution in [3.63, 3.8) is 0 Å². The van der Waals surface area contributed by atoms with Crippen LogP contribution in [-0.2, 0) is 21.7 Å². The summed E-state index contributed by atoms with van der Waals surface area (Å²) in [6, 6.07) is 12.5. The Balaban J connectivity index is -0.0000000489. The predicted molar refractivity (Wildman–Crippen MR) is 60.0 cm³/mol. The van der Waals surface area contributed by atoms with Crippen LogP contribution in [0.15, 0.2) is 30.3 Å². The number of hydrogen-bond donors (Lipinski definition) is 0. The molecule has 0 fully saturated rings. The molecule has 0 saturated heterocycles. The second-order valence-corrected chi connectivity index (χ2v) is 3.20. The van der Waals surface area contributed by atoms with Gasteiger partial charge >= 0.3 is 0 Å². The van der Waals surface area contributed by atoms with Crippen LogP contribution in [0.4, 0.5) is 0 Å². The maximum absolute atomic E-state index is 2.89. The molecule has 0 aromatic heterocycles. The molecule has 70 valence electrons. The molecule has 0 saturated carbocycles.